The normalized spacial score (nSPS) is 11.9. The van der Waals surface area contributed by atoms with E-state index in [4.69, 9.17) is 9.47 Å². The van der Waals surface area contributed by atoms with Gasteiger partial charge in [0.05, 0.1) is 29.2 Å². The lowest BCUT2D eigenvalue weighted by Crippen LogP contribution is -2.16. The van der Waals surface area contributed by atoms with Crippen LogP contribution in [0.3, 0.4) is 0 Å². The first-order valence-corrected chi connectivity index (χ1v) is 26.5. The van der Waals surface area contributed by atoms with Gasteiger partial charge in [-0.1, -0.05) is 205 Å². The van der Waals surface area contributed by atoms with Gasteiger partial charge in [-0.3, -0.25) is 4.55 Å². The molecule has 60 heavy (non-hydrogen) atoms. The van der Waals surface area contributed by atoms with Gasteiger partial charge < -0.3 is 9.47 Å². The van der Waals surface area contributed by atoms with E-state index >= 15 is 0 Å². The quantitative estimate of drug-likeness (QED) is 0.0302. The summed E-state index contributed by atoms with van der Waals surface area (Å²) in [6.07, 6.45) is 53.8. The molecular formula is C52H90O7S. The minimum atomic E-state index is -4.57. The number of hydrogen-bond donors (Lipinski definition) is 1. The maximum Gasteiger partial charge on any atom is 0.339 e. The lowest BCUT2D eigenvalue weighted by Gasteiger charge is -2.11. The molecule has 346 valence electrons. The highest BCUT2D eigenvalue weighted by atomic mass is 32.2. The van der Waals surface area contributed by atoms with Crippen LogP contribution in [0.5, 0.6) is 0 Å². The molecule has 1 N–H and O–H groups in total. The Morgan fingerprint density at radius 2 is 0.717 bits per heavy atom. The molecule has 0 heterocycles. The average Bonchev–Trinajstić information content (AvgIpc) is 3.24. The van der Waals surface area contributed by atoms with Crippen LogP contribution in [0.15, 0.2) is 47.4 Å². The monoisotopic (exact) mass is 859 g/mol. The van der Waals surface area contributed by atoms with E-state index in [-0.39, 0.29) is 24.3 Å². The fourth-order valence-electron chi connectivity index (χ4n) is 7.63. The SMILES string of the molecule is CCCCCCCC/C=C/CCCCCCCCCCCCOC(=O)c1ccc(S(=O)(=O)O)cc1C(=O)OCCCCCCCCCCCC/C=C/CCCCCCCC. The van der Waals surface area contributed by atoms with Crippen molar-refractivity contribution < 1.29 is 32.0 Å². The van der Waals surface area contributed by atoms with Crippen molar-refractivity contribution in [3.8, 4) is 0 Å². The number of carbonyl (C=O) groups is 2. The highest BCUT2D eigenvalue weighted by Crippen LogP contribution is 2.20. The first-order chi connectivity index (χ1) is 29.3. The Hall–Kier alpha value is -2.45. The maximum atomic E-state index is 13.0. The summed E-state index contributed by atoms with van der Waals surface area (Å²) >= 11 is 0. The highest BCUT2D eigenvalue weighted by molar-refractivity contribution is 7.85. The van der Waals surface area contributed by atoms with Gasteiger partial charge in [0.25, 0.3) is 10.1 Å². The highest BCUT2D eigenvalue weighted by Gasteiger charge is 2.23. The molecule has 0 amide bonds. The zero-order valence-corrected chi connectivity index (χ0v) is 39.5. The van der Waals surface area contributed by atoms with E-state index in [1.807, 2.05) is 0 Å². The van der Waals surface area contributed by atoms with Gasteiger partial charge in [0.2, 0.25) is 0 Å². The molecule has 0 saturated heterocycles. The van der Waals surface area contributed by atoms with Gasteiger partial charge in [-0.15, -0.1) is 0 Å². The molecule has 0 aliphatic rings. The lowest BCUT2D eigenvalue weighted by molar-refractivity contribution is 0.0450. The third-order valence-corrected chi connectivity index (χ3v) is 12.4. The predicted octanol–water partition coefficient (Wildman–Crippen LogP) is 16.4. The standard InChI is InChI=1S/C52H90O7S/c1-3-5-7-9-11-13-15-17-19-21-23-25-27-29-31-33-35-37-39-41-45-58-51(53)49-44-43-48(60(55,56)57)47-50(49)52(54)59-46-42-40-38-36-34-32-30-28-26-24-22-20-18-16-14-12-10-8-6-4-2/h17-20,43-44,47H,3-16,21-42,45-46H2,1-2H3,(H,55,56,57)/b19-17+,20-18+. The molecule has 1 rings (SSSR count). The smallest absolute Gasteiger partial charge is 0.339 e. The van der Waals surface area contributed by atoms with Crippen molar-refractivity contribution in [2.24, 2.45) is 0 Å². The second kappa shape index (κ2) is 40.6. The minimum Gasteiger partial charge on any atom is -0.462 e. The Morgan fingerprint density at radius 3 is 1.03 bits per heavy atom. The van der Waals surface area contributed by atoms with Gasteiger partial charge in [0.1, 0.15) is 0 Å². The minimum absolute atomic E-state index is 0.0587. The number of esters is 2. The molecule has 0 saturated carbocycles. The van der Waals surface area contributed by atoms with Crippen molar-refractivity contribution in [1.29, 1.82) is 0 Å². The van der Waals surface area contributed by atoms with E-state index in [1.165, 1.54) is 192 Å². The summed E-state index contributed by atoms with van der Waals surface area (Å²) in [6.45, 7) is 4.92. The van der Waals surface area contributed by atoms with E-state index in [0.717, 1.165) is 50.7 Å². The van der Waals surface area contributed by atoms with E-state index in [0.29, 0.717) is 6.42 Å². The van der Waals surface area contributed by atoms with Crippen LogP contribution in [0.25, 0.3) is 0 Å². The van der Waals surface area contributed by atoms with Crippen LogP contribution in [0.2, 0.25) is 0 Å². The van der Waals surface area contributed by atoms with Crippen LogP contribution in [-0.2, 0) is 19.6 Å². The Morgan fingerprint density at radius 1 is 0.433 bits per heavy atom. The number of hydrogen-bond acceptors (Lipinski definition) is 6. The summed E-state index contributed by atoms with van der Waals surface area (Å²) < 4.78 is 44.1. The summed E-state index contributed by atoms with van der Waals surface area (Å²) in [5.74, 6) is -1.50. The van der Waals surface area contributed by atoms with Crippen LogP contribution >= 0.6 is 0 Å². The molecule has 0 bridgehead atoms. The fraction of sp³-hybridized carbons (Fsp3) is 0.769. The fourth-order valence-corrected chi connectivity index (χ4v) is 8.14. The molecule has 0 aliphatic carbocycles. The van der Waals surface area contributed by atoms with E-state index in [1.54, 1.807) is 0 Å². The van der Waals surface area contributed by atoms with Gasteiger partial charge in [-0.05, 0) is 82.4 Å². The third-order valence-electron chi connectivity index (χ3n) is 11.5. The van der Waals surface area contributed by atoms with Gasteiger partial charge in [-0.2, -0.15) is 8.42 Å². The Kier molecular flexibility index (Phi) is 37.6. The third kappa shape index (κ3) is 33.2. The molecular weight excluding hydrogens is 769 g/mol. The predicted molar refractivity (Wildman–Crippen MR) is 253 cm³/mol. The number of ether oxygens (including phenoxy) is 2. The molecule has 0 atom stereocenters. The molecule has 0 aliphatic heterocycles. The van der Waals surface area contributed by atoms with E-state index < -0.39 is 27.0 Å². The zero-order chi connectivity index (χ0) is 43.6. The molecule has 0 aromatic heterocycles. The van der Waals surface area contributed by atoms with Crippen LogP contribution in [0.4, 0.5) is 0 Å². The van der Waals surface area contributed by atoms with Crippen molar-refractivity contribution in [3.05, 3.63) is 53.6 Å². The van der Waals surface area contributed by atoms with Crippen LogP contribution in [0, 0.1) is 0 Å². The van der Waals surface area contributed by atoms with Crippen LogP contribution in [-0.4, -0.2) is 38.1 Å². The van der Waals surface area contributed by atoms with Gasteiger partial charge in [-0.25, -0.2) is 9.59 Å². The van der Waals surface area contributed by atoms with Crippen molar-refractivity contribution in [2.45, 2.75) is 250 Å². The number of benzene rings is 1. The summed E-state index contributed by atoms with van der Waals surface area (Å²) in [4.78, 5) is 25.5. The summed E-state index contributed by atoms with van der Waals surface area (Å²) in [5.41, 5.74) is -0.268. The first-order valence-electron chi connectivity index (χ1n) is 25.1. The molecule has 1 aromatic rings. The van der Waals surface area contributed by atoms with Crippen molar-refractivity contribution in [3.63, 3.8) is 0 Å². The van der Waals surface area contributed by atoms with E-state index in [9.17, 15) is 22.6 Å². The largest absolute Gasteiger partial charge is 0.462 e. The number of rotatable bonds is 43. The van der Waals surface area contributed by atoms with Gasteiger partial charge in [0, 0.05) is 0 Å². The molecule has 0 radical (unpaired) electrons. The molecule has 8 heteroatoms. The zero-order valence-electron chi connectivity index (χ0n) is 38.7. The maximum absolute atomic E-state index is 13.0. The van der Waals surface area contributed by atoms with E-state index in [2.05, 4.69) is 38.2 Å². The van der Waals surface area contributed by atoms with Crippen molar-refractivity contribution in [1.82, 2.24) is 0 Å². The Balaban J connectivity index is 2.15. The number of allylic oxidation sites excluding steroid dienone is 4. The van der Waals surface area contributed by atoms with Crippen molar-refractivity contribution in [2.75, 3.05) is 13.2 Å². The second-order valence-corrected chi connectivity index (χ2v) is 18.6. The molecule has 0 fully saturated rings. The Labute approximate surface area is 369 Å². The lowest BCUT2D eigenvalue weighted by atomic mass is 10.1. The molecule has 0 unspecified atom stereocenters. The van der Waals surface area contributed by atoms with Gasteiger partial charge >= 0.3 is 11.9 Å². The van der Waals surface area contributed by atoms with Crippen molar-refractivity contribution >= 4 is 22.1 Å². The molecule has 1 aromatic carbocycles. The Bertz CT molecular complexity index is 1340. The number of unbranched alkanes of at least 4 members (excludes halogenated alkanes) is 32. The van der Waals surface area contributed by atoms with Crippen LogP contribution < -0.4 is 0 Å². The first kappa shape index (κ1) is 55.6. The van der Waals surface area contributed by atoms with Crippen LogP contribution in [0.1, 0.15) is 266 Å². The second-order valence-electron chi connectivity index (χ2n) is 17.2. The summed E-state index contributed by atoms with van der Waals surface area (Å²) in [6, 6.07) is 3.32. The number of carbonyl (C=O) groups excluding carboxylic acids is 2. The summed E-state index contributed by atoms with van der Waals surface area (Å²) in [7, 11) is -4.57. The summed E-state index contributed by atoms with van der Waals surface area (Å²) in [5, 5.41) is 0. The topological polar surface area (TPSA) is 107 Å². The average molecular weight is 859 g/mol. The molecule has 7 nitrogen and oxygen atoms in total. The molecule has 0 spiro atoms. The van der Waals surface area contributed by atoms with Gasteiger partial charge in [0.15, 0.2) is 0 Å².